The number of carbonyl (C=O) groups excluding carboxylic acids is 1. The predicted octanol–water partition coefficient (Wildman–Crippen LogP) is 2.74. The fourth-order valence-corrected chi connectivity index (χ4v) is 3.51. The van der Waals surface area contributed by atoms with E-state index >= 15 is 0 Å². The quantitative estimate of drug-likeness (QED) is 0.735. The lowest BCUT2D eigenvalue weighted by Crippen LogP contribution is -2.52. The van der Waals surface area contributed by atoms with Crippen LogP contribution >= 0.6 is 0 Å². The van der Waals surface area contributed by atoms with Gasteiger partial charge in [0.05, 0.1) is 18.7 Å². The molecular weight excluding hydrogens is 380 g/mol. The Morgan fingerprint density at radius 1 is 1.03 bits per heavy atom. The van der Waals surface area contributed by atoms with E-state index in [1.165, 1.54) is 0 Å². The number of benzene rings is 2. The molecule has 30 heavy (non-hydrogen) atoms. The zero-order chi connectivity index (χ0) is 21.5. The Hall–Kier alpha value is -3.55. The van der Waals surface area contributed by atoms with Crippen LogP contribution in [0.2, 0.25) is 0 Å². The SMILES string of the molecule is COc1ccc(C(C#N)N2CCN(C(=O)C(C)Oc3ccccc3C#N)CC2)cc1. The summed E-state index contributed by atoms with van der Waals surface area (Å²) in [5.41, 5.74) is 1.31. The minimum absolute atomic E-state index is 0.125. The molecule has 0 aliphatic carbocycles. The van der Waals surface area contributed by atoms with Crippen molar-refractivity contribution >= 4 is 5.91 Å². The number of hydrogen-bond acceptors (Lipinski definition) is 6. The van der Waals surface area contributed by atoms with Crippen molar-refractivity contribution in [2.24, 2.45) is 0 Å². The number of amides is 1. The zero-order valence-corrected chi connectivity index (χ0v) is 17.1. The van der Waals surface area contributed by atoms with Gasteiger partial charge in [0.15, 0.2) is 6.10 Å². The third-order valence-electron chi connectivity index (χ3n) is 5.20. The number of para-hydroxylation sites is 1. The molecule has 2 aromatic rings. The topological polar surface area (TPSA) is 89.6 Å². The Morgan fingerprint density at radius 3 is 2.30 bits per heavy atom. The molecule has 7 heteroatoms. The summed E-state index contributed by atoms with van der Waals surface area (Å²) in [6.45, 7) is 3.91. The monoisotopic (exact) mass is 404 g/mol. The second-order valence-electron chi connectivity index (χ2n) is 7.03. The molecule has 1 amide bonds. The number of nitrogens with zero attached hydrogens (tertiary/aromatic N) is 4. The summed E-state index contributed by atoms with van der Waals surface area (Å²) in [6.07, 6.45) is -0.695. The van der Waals surface area contributed by atoms with Gasteiger partial charge < -0.3 is 14.4 Å². The molecule has 0 spiro atoms. The number of ether oxygens (including phenoxy) is 2. The Labute approximate surface area is 176 Å². The van der Waals surface area contributed by atoms with Gasteiger partial charge in [-0.2, -0.15) is 10.5 Å². The van der Waals surface area contributed by atoms with Crippen molar-refractivity contribution < 1.29 is 14.3 Å². The van der Waals surface area contributed by atoms with Crippen LogP contribution in [0, 0.1) is 22.7 Å². The van der Waals surface area contributed by atoms with Gasteiger partial charge in [0.25, 0.3) is 5.91 Å². The largest absolute Gasteiger partial charge is 0.497 e. The maximum atomic E-state index is 12.8. The lowest BCUT2D eigenvalue weighted by Gasteiger charge is -2.37. The maximum Gasteiger partial charge on any atom is 0.263 e. The minimum atomic E-state index is -0.695. The van der Waals surface area contributed by atoms with Crippen molar-refractivity contribution in [1.82, 2.24) is 9.80 Å². The highest BCUT2D eigenvalue weighted by Crippen LogP contribution is 2.24. The number of rotatable bonds is 6. The van der Waals surface area contributed by atoms with Crippen molar-refractivity contribution in [3.8, 4) is 23.6 Å². The number of methoxy groups -OCH3 is 1. The van der Waals surface area contributed by atoms with E-state index in [1.807, 2.05) is 24.3 Å². The van der Waals surface area contributed by atoms with Gasteiger partial charge in [-0.3, -0.25) is 9.69 Å². The van der Waals surface area contributed by atoms with E-state index in [9.17, 15) is 15.3 Å². The average Bonchev–Trinajstić information content (AvgIpc) is 2.80. The van der Waals surface area contributed by atoms with Crippen LogP contribution < -0.4 is 9.47 Å². The Bertz CT molecular complexity index is 954. The third kappa shape index (κ3) is 4.71. The van der Waals surface area contributed by atoms with Gasteiger partial charge in [0, 0.05) is 26.2 Å². The van der Waals surface area contributed by atoms with Gasteiger partial charge in [-0.1, -0.05) is 24.3 Å². The lowest BCUT2D eigenvalue weighted by molar-refractivity contribution is -0.139. The molecule has 0 radical (unpaired) electrons. The highest BCUT2D eigenvalue weighted by molar-refractivity contribution is 5.81. The zero-order valence-electron chi connectivity index (χ0n) is 17.1. The molecule has 2 aromatic carbocycles. The van der Waals surface area contributed by atoms with Gasteiger partial charge in [0.2, 0.25) is 0 Å². The van der Waals surface area contributed by atoms with Crippen LogP contribution in [0.25, 0.3) is 0 Å². The summed E-state index contributed by atoms with van der Waals surface area (Å²) in [4.78, 5) is 16.6. The fraction of sp³-hybridized carbons (Fsp3) is 0.348. The molecule has 0 bridgehead atoms. The van der Waals surface area contributed by atoms with Gasteiger partial charge in [-0.05, 0) is 36.8 Å². The number of piperazine rings is 1. The first-order valence-corrected chi connectivity index (χ1v) is 9.79. The highest BCUT2D eigenvalue weighted by Gasteiger charge is 2.30. The molecule has 1 heterocycles. The smallest absolute Gasteiger partial charge is 0.263 e. The molecule has 1 saturated heterocycles. The summed E-state index contributed by atoms with van der Waals surface area (Å²) in [5.74, 6) is 1.03. The molecule has 1 aliphatic rings. The molecule has 0 aromatic heterocycles. The number of nitriles is 2. The molecule has 1 fully saturated rings. The van der Waals surface area contributed by atoms with Crippen LogP contribution in [-0.4, -0.2) is 55.1 Å². The third-order valence-corrected chi connectivity index (χ3v) is 5.20. The Morgan fingerprint density at radius 2 is 1.70 bits per heavy atom. The normalized spacial score (nSPS) is 16.1. The molecule has 3 rings (SSSR count). The van der Waals surface area contributed by atoms with Crippen molar-refractivity contribution in [2.75, 3.05) is 33.3 Å². The molecule has 2 atom stereocenters. The second kappa shape index (κ2) is 9.78. The van der Waals surface area contributed by atoms with E-state index in [0.29, 0.717) is 37.5 Å². The van der Waals surface area contributed by atoms with Crippen LogP contribution in [-0.2, 0) is 4.79 Å². The summed E-state index contributed by atoms with van der Waals surface area (Å²) in [5, 5.41) is 18.9. The maximum absolute atomic E-state index is 12.8. The minimum Gasteiger partial charge on any atom is -0.497 e. The van der Waals surface area contributed by atoms with Gasteiger partial charge >= 0.3 is 0 Å². The summed E-state index contributed by atoms with van der Waals surface area (Å²) in [7, 11) is 1.61. The van der Waals surface area contributed by atoms with Crippen LogP contribution in [0.4, 0.5) is 0 Å². The fourth-order valence-electron chi connectivity index (χ4n) is 3.51. The van der Waals surface area contributed by atoms with Crippen LogP contribution in [0.15, 0.2) is 48.5 Å². The first-order chi connectivity index (χ1) is 14.6. The highest BCUT2D eigenvalue weighted by atomic mass is 16.5. The Balaban J connectivity index is 1.59. The van der Waals surface area contributed by atoms with Gasteiger partial charge in [0.1, 0.15) is 23.6 Å². The van der Waals surface area contributed by atoms with E-state index in [1.54, 1.807) is 43.2 Å². The van der Waals surface area contributed by atoms with Crippen molar-refractivity contribution in [3.63, 3.8) is 0 Å². The lowest BCUT2D eigenvalue weighted by atomic mass is 10.1. The van der Waals surface area contributed by atoms with E-state index in [-0.39, 0.29) is 11.9 Å². The number of hydrogen-bond donors (Lipinski definition) is 0. The molecule has 0 saturated carbocycles. The Kier molecular flexibility index (Phi) is 6.90. The molecule has 1 aliphatic heterocycles. The average molecular weight is 404 g/mol. The van der Waals surface area contributed by atoms with E-state index in [0.717, 1.165) is 11.3 Å². The van der Waals surface area contributed by atoms with Crippen LogP contribution in [0.5, 0.6) is 11.5 Å². The summed E-state index contributed by atoms with van der Waals surface area (Å²) in [6, 6.07) is 18.4. The molecule has 2 unspecified atom stereocenters. The summed E-state index contributed by atoms with van der Waals surface area (Å²) < 4.78 is 10.9. The van der Waals surface area contributed by atoms with Crippen molar-refractivity contribution in [2.45, 2.75) is 19.1 Å². The number of carbonyl (C=O) groups is 1. The van der Waals surface area contributed by atoms with Gasteiger partial charge in [-0.25, -0.2) is 0 Å². The molecular formula is C23H24N4O3. The van der Waals surface area contributed by atoms with Crippen LogP contribution in [0.1, 0.15) is 24.1 Å². The van der Waals surface area contributed by atoms with E-state index in [4.69, 9.17) is 9.47 Å². The van der Waals surface area contributed by atoms with Crippen LogP contribution in [0.3, 0.4) is 0 Å². The van der Waals surface area contributed by atoms with E-state index < -0.39 is 6.10 Å². The molecule has 154 valence electrons. The molecule has 7 nitrogen and oxygen atoms in total. The van der Waals surface area contributed by atoms with Crippen molar-refractivity contribution in [3.05, 3.63) is 59.7 Å². The van der Waals surface area contributed by atoms with E-state index in [2.05, 4.69) is 17.0 Å². The first kappa shape index (κ1) is 21.2. The van der Waals surface area contributed by atoms with Crippen molar-refractivity contribution in [1.29, 1.82) is 10.5 Å². The van der Waals surface area contributed by atoms with Gasteiger partial charge in [-0.15, -0.1) is 0 Å². The molecule has 0 N–H and O–H groups in total. The first-order valence-electron chi connectivity index (χ1n) is 9.79. The predicted molar refractivity (Wildman–Crippen MR) is 111 cm³/mol. The standard InChI is InChI=1S/C23H24N4O3/c1-17(30-22-6-4-3-5-19(22)15-24)23(28)27-13-11-26(12-14-27)21(16-25)18-7-9-20(29-2)10-8-18/h3-10,17,21H,11-14H2,1-2H3. The summed E-state index contributed by atoms with van der Waals surface area (Å²) >= 11 is 0. The second-order valence-corrected chi connectivity index (χ2v) is 7.03.